The minimum atomic E-state index is -4.58. The Bertz CT molecular complexity index is 1330. The summed E-state index contributed by atoms with van der Waals surface area (Å²) in [7, 11) is -4.58. The summed E-state index contributed by atoms with van der Waals surface area (Å²) in [5.41, 5.74) is 0.773. The minimum Gasteiger partial charge on any atom is -0.744 e. The minimum absolute atomic E-state index is 0. The number of benzene rings is 3. The third-order valence-electron chi connectivity index (χ3n) is 6.45. The molecule has 0 radical (unpaired) electrons. The van der Waals surface area contributed by atoms with Crippen molar-refractivity contribution in [3.8, 4) is 5.75 Å². The van der Waals surface area contributed by atoms with Crippen molar-refractivity contribution in [3.05, 3.63) is 60.7 Å². The second-order valence-electron chi connectivity index (χ2n) is 9.54. The molecule has 3 rings (SSSR count). The van der Waals surface area contributed by atoms with Crippen molar-refractivity contribution >= 4 is 38.2 Å². The van der Waals surface area contributed by atoms with E-state index in [0.29, 0.717) is 17.9 Å². The Morgan fingerprint density at radius 1 is 0.769 bits per heavy atom. The first-order valence-corrected chi connectivity index (χ1v) is 15.0. The molecule has 3 aromatic rings. The first-order chi connectivity index (χ1) is 18.4. The molecule has 0 atom stereocenters. The zero-order valence-corrected chi connectivity index (χ0v) is 25.9. The Hall–Kier alpha value is -2.10. The second kappa shape index (κ2) is 17.6. The van der Waals surface area contributed by atoms with Gasteiger partial charge in [0.05, 0.1) is 16.3 Å². The predicted octanol–water partition coefficient (Wildman–Crippen LogP) is 5.77. The average molecular weight is 561 g/mol. The molecule has 0 aliphatic rings. The van der Waals surface area contributed by atoms with Crippen LogP contribution >= 0.6 is 0 Å². The van der Waals surface area contributed by atoms with E-state index in [1.807, 2.05) is 24.3 Å². The van der Waals surface area contributed by atoms with E-state index in [-0.39, 0.29) is 46.1 Å². The summed E-state index contributed by atoms with van der Waals surface area (Å²) in [4.78, 5) is 12.1. The van der Waals surface area contributed by atoms with Crippen molar-refractivity contribution in [2.24, 2.45) is 10.2 Å². The molecule has 0 spiro atoms. The number of carbonyl (C=O) groups is 1. The summed E-state index contributed by atoms with van der Waals surface area (Å²) in [5, 5.41) is 9.81. The van der Waals surface area contributed by atoms with Gasteiger partial charge in [-0.3, -0.25) is 4.79 Å². The van der Waals surface area contributed by atoms with Gasteiger partial charge < -0.3 is 9.29 Å². The summed E-state index contributed by atoms with van der Waals surface area (Å²) in [6.07, 6.45) is 13.8. The molecule has 0 saturated carbocycles. The normalized spacial score (nSPS) is 11.5. The van der Waals surface area contributed by atoms with E-state index in [1.165, 1.54) is 69.6 Å². The summed E-state index contributed by atoms with van der Waals surface area (Å²) < 4.78 is 39.5. The maximum Gasteiger partial charge on any atom is 1.00 e. The predicted molar refractivity (Wildman–Crippen MR) is 149 cm³/mol. The molecule has 0 unspecified atom stereocenters. The molecular formula is C30H37N2NaO5S. The van der Waals surface area contributed by atoms with Gasteiger partial charge in [-0.15, -0.1) is 5.11 Å². The van der Waals surface area contributed by atoms with Crippen LogP contribution in [0.1, 0.15) is 84.0 Å². The number of nitrogens with zero attached hydrogens (tertiary/aromatic N) is 2. The number of esters is 1. The third kappa shape index (κ3) is 11.5. The molecule has 0 aliphatic heterocycles. The topological polar surface area (TPSA) is 108 Å². The van der Waals surface area contributed by atoms with Gasteiger partial charge in [-0.1, -0.05) is 101 Å². The van der Waals surface area contributed by atoms with Crippen LogP contribution in [0, 0.1) is 0 Å². The summed E-state index contributed by atoms with van der Waals surface area (Å²) in [6, 6.07) is 16.2. The Morgan fingerprint density at radius 3 is 2.03 bits per heavy atom. The van der Waals surface area contributed by atoms with Crippen molar-refractivity contribution in [1.29, 1.82) is 0 Å². The van der Waals surface area contributed by atoms with Crippen LogP contribution < -0.4 is 34.3 Å². The summed E-state index contributed by atoms with van der Waals surface area (Å²) >= 11 is 0. The van der Waals surface area contributed by atoms with Crippen LogP contribution in [0.2, 0.25) is 0 Å². The SMILES string of the molecule is CCCCCCCCCCCCCC(=O)Oc1ccc(N=Nc2cccc(S(=O)(=O)[O-])c2)c2ccccc12.[Na+]. The molecule has 0 aromatic heterocycles. The number of hydrogen-bond acceptors (Lipinski definition) is 7. The maximum atomic E-state index is 12.5. The van der Waals surface area contributed by atoms with Crippen LogP contribution in [-0.2, 0) is 14.9 Å². The van der Waals surface area contributed by atoms with Crippen molar-refractivity contribution in [3.63, 3.8) is 0 Å². The van der Waals surface area contributed by atoms with E-state index in [9.17, 15) is 17.8 Å². The molecule has 7 nitrogen and oxygen atoms in total. The van der Waals surface area contributed by atoms with Crippen LogP contribution in [0.15, 0.2) is 75.8 Å². The number of azo groups is 1. The van der Waals surface area contributed by atoms with Crippen molar-refractivity contribution < 1.29 is 52.1 Å². The van der Waals surface area contributed by atoms with Crippen LogP contribution in [-0.4, -0.2) is 18.9 Å². The smallest absolute Gasteiger partial charge is 0.744 e. The Balaban J connectivity index is 0.00000533. The van der Waals surface area contributed by atoms with Gasteiger partial charge >= 0.3 is 35.5 Å². The molecule has 204 valence electrons. The van der Waals surface area contributed by atoms with Crippen LogP contribution in [0.3, 0.4) is 0 Å². The molecular weight excluding hydrogens is 523 g/mol. The Kier molecular flexibility index (Phi) is 14.9. The van der Waals surface area contributed by atoms with Crippen molar-refractivity contribution in [2.45, 2.75) is 88.9 Å². The number of rotatable bonds is 16. The molecule has 0 amide bonds. The van der Waals surface area contributed by atoms with E-state index in [4.69, 9.17) is 4.74 Å². The Labute approximate surface area is 254 Å². The molecule has 0 bridgehead atoms. The van der Waals surface area contributed by atoms with Gasteiger partial charge in [0.15, 0.2) is 0 Å². The average Bonchev–Trinajstić information content (AvgIpc) is 2.91. The van der Waals surface area contributed by atoms with Gasteiger partial charge in [-0.25, -0.2) is 8.42 Å². The second-order valence-corrected chi connectivity index (χ2v) is 10.9. The molecule has 0 fully saturated rings. The van der Waals surface area contributed by atoms with Crippen molar-refractivity contribution in [1.82, 2.24) is 0 Å². The zero-order valence-electron chi connectivity index (χ0n) is 23.1. The number of fused-ring (bicyclic) bond motifs is 1. The van der Waals surface area contributed by atoms with Gasteiger partial charge in [0.1, 0.15) is 15.9 Å². The summed E-state index contributed by atoms with van der Waals surface area (Å²) in [5.74, 6) is 0.211. The number of carbonyl (C=O) groups excluding carboxylic acids is 1. The van der Waals surface area contributed by atoms with Gasteiger partial charge in [-0.2, -0.15) is 5.11 Å². The fourth-order valence-electron chi connectivity index (χ4n) is 4.35. The molecule has 39 heavy (non-hydrogen) atoms. The van der Waals surface area contributed by atoms with Gasteiger partial charge in [0.25, 0.3) is 0 Å². The standard InChI is InChI=1S/C30H38N2O5S.Na/c1-2-3-4-5-6-7-8-9-10-11-12-20-30(33)37-29-22-21-28(26-18-13-14-19-27(26)29)32-31-24-16-15-17-25(23-24)38(34,35)36;/h13-19,21-23H,2-12,20H2,1H3,(H,34,35,36);/q;+1/p-1. The molecule has 0 N–H and O–H groups in total. The van der Waals surface area contributed by atoms with Crippen LogP contribution in [0.5, 0.6) is 5.75 Å². The number of hydrogen-bond donors (Lipinski definition) is 0. The van der Waals surface area contributed by atoms with Crippen LogP contribution in [0.25, 0.3) is 10.8 Å². The van der Waals surface area contributed by atoms with Gasteiger partial charge in [-0.05, 0) is 36.8 Å². The zero-order chi connectivity index (χ0) is 27.2. The summed E-state index contributed by atoms with van der Waals surface area (Å²) in [6.45, 7) is 2.24. The molecule has 0 heterocycles. The maximum absolute atomic E-state index is 12.5. The van der Waals surface area contributed by atoms with Gasteiger partial charge in [0, 0.05) is 17.2 Å². The first-order valence-electron chi connectivity index (χ1n) is 13.6. The molecule has 3 aromatic carbocycles. The van der Waals surface area contributed by atoms with E-state index in [2.05, 4.69) is 17.2 Å². The fraction of sp³-hybridized carbons (Fsp3) is 0.433. The quantitative estimate of drug-likeness (QED) is 0.0552. The number of unbranched alkanes of at least 4 members (excludes halogenated alkanes) is 10. The van der Waals surface area contributed by atoms with E-state index >= 15 is 0 Å². The van der Waals surface area contributed by atoms with Crippen molar-refractivity contribution in [2.75, 3.05) is 0 Å². The van der Waals surface area contributed by atoms with E-state index in [1.54, 1.807) is 18.2 Å². The van der Waals surface area contributed by atoms with E-state index < -0.39 is 10.1 Å². The van der Waals surface area contributed by atoms with E-state index in [0.717, 1.165) is 30.0 Å². The van der Waals surface area contributed by atoms with Crippen LogP contribution in [0.4, 0.5) is 11.4 Å². The molecule has 9 heteroatoms. The molecule has 0 aliphatic carbocycles. The largest absolute Gasteiger partial charge is 1.00 e. The van der Waals surface area contributed by atoms with Gasteiger partial charge in [0.2, 0.25) is 0 Å². The number of ether oxygens (including phenoxy) is 1. The third-order valence-corrected chi connectivity index (χ3v) is 7.28. The fourth-order valence-corrected chi connectivity index (χ4v) is 4.86. The monoisotopic (exact) mass is 560 g/mol. The Morgan fingerprint density at radius 2 is 1.38 bits per heavy atom. The first kappa shape index (κ1) is 33.1. The molecule has 0 saturated heterocycles.